The fraction of sp³-hybridized carbons (Fsp3) is 0.529. The molecule has 1 aromatic carbocycles. The fourth-order valence-electron chi connectivity index (χ4n) is 3.51. The third-order valence-electron chi connectivity index (χ3n) is 4.64. The maximum Gasteiger partial charge on any atom is 0.321 e. The van der Waals surface area contributed by atoms with E-state index in [4.69, 9.17) is 0 Å². The zero-order chi connectivity index (χ0) is 18.4. The molecule has 2 N–H and O–H groups in total. The normalized spacial score (nSPS) is 17.7. The molecule has 25 heavy (non-hydrogen) atoms. The topological polar surface area (TPSA) is 104 Å². The molecule has 8 heteroatoms. The smallest absolute Gasteiger partial charge is 0.321 e. The molecular weight excluding hydrogens is 344 g/mol. The minimum absolute atomic E-state index is 0.0459. The molecule has 136 valence electrons. The maximum atomic E-state index is 12.7. The highest BCUT2D eigenvalue weighted by Crippen LogP contribution is 2.38. The zero-order valence-corrected chi connectivity index (χ0v) is 15.1. The number of benzene rings is 1. The van der Waals surface area contributed by atoms with E-state index in [1.165, 1.54) is 0 Å². The molecular formula is C17H22N2O5S. The molecule has 0 bridgehead atoms. The Kier molecular flexibility index (Phi) is 4.59. The van der Waals surface area contributed by atoms with Gasteiger partial charge in [-0.25, -0.2) is 8.42 Å². The van der Waals surface area contributed by atoms with Crippen molar-refractivity contribution in [2.24, 2.45) is 5.92 Å². The van der Waals surface area contributed by atoms with Gasteiger partial charge in [0.25, 0.3) is 0 Å². The number of aliphatic carboxylic acids is 1. The van der Waals surface area contributed by atoms with Crippen LogP contribution in [-0.4, -0.2) is 38.0 Å². The summed E-state index contributed by atoms with van der Waals surface area (Å²) in [6, 6.07) is 1.97. The van der Waals surface area contributed by atoms with Crippen LogP contribution >= 0.6 is 0 Å². The van der Waals surface area contributed by atoms with Crippen molar-refractivity contribution in [2.75, 3.05) is 11.4 Å². The minimum atomic E-state index is -3.95. The molecule has 2 aliphatic heterocycles. The average Bonchev–Trinajstić information content (AvgIpc) is 2.95. The number of carboxylic acid groups (broad SMARTS) is 1. The summed E-state index contributed by atoms with van der Waals surface area (Å²) in [7, 11) is -3.95. The molecule has 0 unspecified atom stereocenters. The van der Waals surface area contributed by atoms with Crippen molar-refractivity contribution in [2.45, 2.75) is 50.5 Å². The third kappa shape index (κ3) is 3.41. The van der Waals surface area contributed by atoms with Gasteiger partial charge in [-0.15, -0.1) is 0 Å². The Morgan fingerprint density at radius 1 is 1.24 bits per heavy atom. The van der Waals surface area contributed by atoms with E-state index in [2.05, 4.69) is 4.72 Å². The first kappa shape index (κ1) is 17.9. The molecule has 0 spiro atoms. The van der Waals surface area contributed by atoms with Crippen molar-refractivity contribution in [1.82, 2.24) is 4.72 Å². The lowest BCUT2D eigenvalue weighted by atomic mass is 10.00. The van der Waals surface area contributed by atoms with Gasteiger partial charge in [0.15, 0.2) is 0 Å². The molecule has 0 fully saturated rings. The van der Waals surface area contributed by atoms with E-state index in [1.807, 2.05) is 13.8 Å². The summed E-state index contributed by atoms with van der Waals surface area (Å²) in [6.45, 7) is 4.26. The summed E-state index contributed by atoms with van der Waals surface area (Å²) >= 11 is 0. The molecule has 1 atom stereocenters. The number of nitrogens with zero attached hydrogens (tertiary/aromatic N) is 1. The molecule has 2 heterocycles. The Labute approximate surface area is 147 Å². The first-order valence-electron chi connectivity index (χ1n) is 8.40. The minimum Gasteiger partial charge on any atom is -0.480 e. The Hall–Kier alpha value is -1.93. The van der Waals surface area contributed by atoms with Crippen molar-refractivity contribution in [1.29, 1.82) is 0 Å². The Balaban J connectivity index is 1.94. The van der Waals surface area contributed by atoms with Crippen LogP contribution in [0.15, 0.2) is 17.0 Å². The summed E-state index contributed by atoms with van der Waals surface area (Å²) in [5.74, 6) is -1.07. The van der Waals surface area contributed by atoms with E-state index in [-0.39, 0.29) is 23.1 Å². The second-order valence-corrected chi connectivity index (χ2v) is 8.74. The van der Waals surface area contributed by atoms with Crippen molar-refractivity contribution in [3.8, 4) is 0 Å². The number of carbonyl (C=O) groups excluding carboxylic acids is 1. The van der Waals surface area contributed by atoms with Crippen LogP contribution in [0, 0.1) is 5.92 Å². The number of amides is 1. The quantitative estimate of drug-likeness (QED) is 0.790. The number of nitrogens with one attached hydrogen (secondary N) is 1. The lowest BCUT2D eigenvalue weighted by molar-refractivity contribution is -0.139. The number of carbonyl (C=O) groups is 2. The van der Waals surface area contributed by atoms with Gasteiger partial charge in [0, 0.05) is 13.0 Å². The van der Waals surface area contributed by atoms with E-state index < -0.39 is 22.0 Å². The highest BCUT2D eigenvalue weighted by atomic mass is 32.2. The van der Waals surface area contributed by atoms with Gasteiger partial charge in [0.05, 0.1) is 10.6 Å². The molecule has 1 aromatic rings. The van der Waals surface area contributed by atoms with Crippen molar-refractivity contribution < 1.29 is 23.1 Å². The summed E-state index contributed by atoms with van der Waals surface area (Å²) in [5.41, 5.74) is 2.51. The van der Waals surface area contributed by atoms with Crippen molar-refractivity contribution in [3.63, 3.8) is 0 Å². The van der Waals surface area contributed by atoms with Gasteiger partial charge in [-0.2, -0.15) is 4.72 Å². The van der Waals surface area contributed by atoms with E-state index in [0.717, 1.165) is 16.8 Å². The van der Waals surface area contributed by atoms with Crippen molar-refractivity contribution in [3.05, 3.63) is 23.3 Å². The van der Waals surface area contributed by atoms with E-state index in [1.54, 1.807) is 17.0 Å². The van der Waals surface area contributed by atoms with Crippen LogP contribution in [-0.2, 0) is 32.5 Å². The van der Waals surface area contributed by atoms with Crippen LogP contribution in [0.2, 0.25) is 0 Å². The largest absolute Gasteiger partial charge is 0.480 e. The van der Waals surface area contributed by atoms with Crippen LogP contribution in [0.1, 0.15) is 37.8 Å². The van der Waals surface area contributed by atoms with Gasteiger partial charge in [-0.1, -0.05) is 13.8 Å². The van der Waals surface area contributed by atoms with E-state index >= 15 is 0 Å². The second kappa shape index (κ2) is 6.42. The van der Waals surface area contributed by atoms with Gasteiger partial charge >= 0.3 is 5.97 Å². The number of hydrogen-bond donors (Lipinski definition) is 2. The predicted octanol–water partition coefficient (Wildman–Crippen LogP) is 1.30. The van der Waals surface area contributed by atoms with Crippen LogP contribution in [0.3, 0.4) is 0 Å². The van der Waals surface area contributed by atoms with Gasteiger partial charge < -0.3 is 10.0 Å². The van der Waals surface area contributed by atoms with Crippen LogP contribution in [0.4, 0.5) is 5.69 Å². The Morgan fingerprint density at radius 3 is 2.48 bits per heavy atom. The number of aryl methyl sites for hydroxylation is 1. The predicted molar refractivity (Wildman–Crippen MR) is 92.0 cm³/mol. The molecule has 7 nitrogen and oxygen atoms in total. The molecule has 3 rings (SSSR count). The summed E-state index contributed by atoms with van der Waals surface area (Å²) in [5, 5.41) is 9.29. The van der Waals surface area contributed by atoms with Crippen molar-refractivity contribution >= 4 is 27.6 Å². The van der Waals surface area contributed by atoms with Crippen LogP contribution < -0.4 is 9.62 Å². The molecule has 0 aliphatic carbocycles. The van der Waals surface area contributed by atoms with Crippen LogP contribution in [0.5, 0.6) is 0 Å². The highest BCUT2D eigenvalue weighted by Gasteiger charge is 2.34. The Morgan fingerprint density at radius 2 is 1.88 bits per heavy atom. The first-order valence-corrected chi connectivity index (χ1v) is 9.88. The SMILES string of the molecule is CC(C)C[C@H](NS(=O)(=O)c1cc2c3c(c1)CCN3C(=O)CC2)C(=O)O. The monoisotopic (exact) mass is 366 g/mol. The maximum absolute atomic E-state index is 12.7. The molecule has 0 saturated carbocycles. The summed E-state index contributed by atoms with van der Waals surface area (Å²) < 4.78 is 27.7. The third-order valence-corrected chi connectivity index (χ3v) is 6.09. The summed E-state index contributed by atoms with van der Waals surface area (Å²) in [4.78, 5) is 25.1. The number of sulfonamides is 1. The zero-order valence-electron chi connectivity index (χ0n) is 14.3. The van der Waals surface area contributed by atoms with Gasteiger partial charge in [0.2, 0.25) is 15.9 Å². The first-order chi connectivity index (χ1) is 11.7. The highest BCUT2D eigenvalue weighted by molar-refractivity contribution is 7.89. The lowest BCUT2D eigenvalue weighted by Gasteiger charge is -2.26. The molecule has 0 aromatic heterocycles. The number of hydrogen-bond acceptors (Lipinski definition) is 4. The van der Waals surface area contributed by atoms with E-state index in [0.29, 0.717) is 25.8 Å². The fourth-order valence-corrected chi connectivity index (χ4v) is 4.81. The summed E-state index contributed by atoms with van der Waals surface area (Å²) in [6.07, 6.45) is 1.71. The van der Waals surface area contributed by atoms with E-state index in [9.17, 15) is 23.1 Å². The van der Waals surface area contributed by atoms with Gasteiger partial charge in [-0.3, -0.25) is 9.59 Å². The average molecular weight is 366 g/mol. The van der Waals surface area contributed by atoms with Gasteiger partial charge in [-0.05, 0) is 48.4 Å². The number of carboxylic acids is 1. The second-order valence-electron chi connectivity index (χ2n) is 7.03. The van der Waals surface area contributed by atoms with Crippen LogP contribution in [0.25, 0.3) is 0 Å². The van der Waals surface area contributed by atoms with Gasteiger partial charge in [0.1, 0.15) is 6.04 Å². The standard InChI is InChI=1S/C17H22N2O5S/c1-10(2)7-14(17(21)22)18-25(23,24)13-8-11-3-4-15(20)19-6-5-12(9-13)16(11)19/h8-10,14,18H,3-7H2,1-2H3,(H,21,22)/t14-/m0/s1. The molecule has 0 radical (unpaired) electrons. The molecule has 0 saturated heterocycles. The molecule has 2 aliphatic rings. The number of anilines is 1. The molecule has 1 amide bonds. The number of rotatable bonds is 6. The Bertz CT molecular complexity index is 832. The lowest BCUT2D eigenvalue weighted by Crippen LogP contribution is -2.41.